The number of aromatic nitrogens is 1. The van der Waals surface area contributed by atoms with Crippen molar-refractivity contribution < 1.29 is 14.7 Å². The topological polar surface area (TPSA) is 105 Å². The van der Waals surface area contributed by atoms with Crippen molar-refractivity contribution in [3.8, 4) is 0 Å². The molecule has 6 heteroatoms. The zero-order chi connectivity index (χ0) is 14.5. The van der Waals surface area contributed by atoms with Crippen LogP contribution in [0.25, 0.3) is 0 Å². The molecule has 1 aliphatic carbocycles. The van der Waals surface area contributed by atoms with Crippen LogP contribution in [0, 0.1) is 11.8 Å². The molecule has 4 N–H and O–H groups in total. The summed E-state index contributed by atoms with van der Waals surface area (Å²) in [6.45, 7) is 0.583. The molecule has 6 nitrogen and oxygen atoms in total. The fourth-order valence-corrected chi connectivity index (χ4v) is 2.66. The maximum atomic E-state index is 11.2. The van der Waals surface area contributed by atoms with Crippen molar-refractivity contribution in [2.24, 2.45) is 17.6 Å². The quantitative estimate of drug-likeness (QED) is 0.756. The first-order chi connectivity index (χ1) is 9.58. The minimum atomic E-state index is -0.714. The molecule has 0 radical (unpaired) electrons. The largest absolute Gasteiger partial charge is 0.481 e. The summed E-state index contributed by atoms with van der Waals surface area (Å²) in [4.78, 5) is 26.2. The Kier molecular flexibility index (Phi) is 4.55. The average molecular weight is 277 g/mol. The van der Waals surface area contributed by atoms with E-state index in [1.807, 2.05) is 0 Å². The van der Waals surface area contributed by atoms with Gasteiger partial charge in [-0.1, -0.05) is 12.8 Å². The molecule has 1 saturated carbocycles. The number of primary amides is 1. The van der Waals surface area contributed by atoms with Crippen LogP contribution >= 0.6 is 0 Å². The van der Waals surface area contributed by atoms with Crippen molar-refractivity contribution in [1.82, 2.24) is 4.98 Å². The van der Waals surface area contributed by atoms with Crippen LogP contribution in [-0.2, 0) is 4.79 Å². The third-order valence-corrected chi connectivity index (χ3v) is 3.82. The van der Waals surface area contributed by atoms with Crippen LogP contribution in [0.5, 0.6) is 0 Å². The number of hydrogen-bond donors (Lipinski definition) is 3. The highest BCUT2D eigenvalue weighted by atomic mass is 16.4. The lowest BCUT2D eigenvalue weighted by Crippen LogP contribution is -2.31. The number of nitrogens with one attached hydrogen (secondary N) is 1. The molecule has 2 rings (SSSR count). The number of nitrogens with zero attached hydrogens (tertiary/aromatic N) is 1. The maximum absolute atomic E-state index is 11.2. The van der Waals surface area contributed by atoms with Crippen molar-refractivity contribution in [3.05, 3.63) is 23.9 Å². The molecule has 20 heavy (non-hydrogen) atoms. The molecule has 1 fully saturated rings. The molecule has 108 valence electrons. The van der Waals surface area contributed by atoms with Crippen LogP contribution < -0.4 is 11.1 Å². The Morgan fingerprint density at radius 2 is 2.10 bits per heavy atom. The summed E-state index contributed by atoms with van der Waals surface area (Å²) in [5.41, 5.74) is 5.50. The van der Waals surface area contributed by atoms with E-state index in [-0.39, 0.29) is 11.8 Å². The van der Waals surface area contributed by atoms with Gasteiger partial charge in [-0.15, -0.1) is 0 Å². The van der Waals surface area contributed by atoms with Gasteiger partial charge in [0.15, 0.2) is 0 Å². The van der Waals surface area contributed by atoms with Crippen molar-refractivity contribution in [1.29, 1.82) is 0 Å². The number of carboxylic acids is 1. The predicted molar refractivity (Wildman–Crippen MR) is 74.3 cm³/mol. The molecular formula is C14H19N3O3. The number of aliphatic carboxylic acids is 1. The van der Waals surface area contributed by atoms with E-state index in [1.54, 1.807) is 12.1 Å². The van der Waals surface area contributed by atoms with Gasteiger partial charge in [-0.05, 0) is 30.9 Å². The number of pyridine rings is 1. The first-order valence-corrected chi connectivity index (χ1v) is 6.80. The van der Waals surface area contributed by atoms with Gasteiger partial charge in [0.1, 0.15) is 5.82 Å². The highest BCUT2D eigenvalue weighted by molar-refractivity contribution is 5.92. The minimum Gasteiger partial charge on any atom is -0.481 e. The summed E-state index contributed by atoms with van der Waals surface area (Å²) >= 11 is 0. The standard InChI is InChI=1S/C14H19N3O3/c15-13(18)10-5-6-12(17-8-10)16-7-9-3-1-2-4-11(9)14(19)20/h5-6,8-9,11H,1-4,7H2,(H2,15,18)(H,16,17)(H,19,20). The molecule has 1 aromatic rings. The lowest BCUT2D eigenvalue weighted by Gasteiger charge is -2.28. The van der Waals surface area contributed by atoms with Gasteiger partial charge >= 0.3 is 5.97 Å². The lowest BCUT2D eigenvalue weighted by atomic mass is 9.79. The van der Waals surface area contributed by atoms with Gasteiger partial charge in [0, 0.05) is 12.7 Å². The summed E-state index contributed by atoms with van der Waals surface area (Å²) in [6, 6.07) is 3.28. The van der Waals surface area contributed by atoms with Crippen LogP contribution in [0.2, 0.25) is 0 Å². The van der Waals surface area contributed by atoms with Crippen LogP contribution in [0.4, 0.5) is 5.82 Å². The molecule has 2 atom stereocenters. The molecule has 0 aliphatic heterocycles. The van der Waals surface area contributed by atoms with Crippen molar-refractivity contribution in [2.45, 2.75) is 25.7 Å². The van der Waals surface area contributed by atoms with E-state index in [0.717, 1.165) is 25.7 Å². The second-order valence-electron chi connectivity index (χ2n) is 5.17. The number of hydrogen-bond acceptors (Lipinski definition) is 4. The van der Waals surface area contributed by atoms with Crippen LogP contribution in [0.15, 0.2) is 18.3 Å². The fourth-order valence-electron chi connectivity index (χ4n) is 2.66. The normalized spacial score (nSPS) is 22.2. The minimum absolute atomic E-state index is 0.124. The molecule has 1 aromatic heterocycles. The van der Waals surface area contributed by atoms with Gasteiger partial charge in [0.25, 0.3) is 0 Å². The van der Waals surface area contributed by atoms with Crippen molar-refractivity contribution >= 4 is 17.7 Å². The molecule has 1 heterocycles. The van der Waals surface area contributed by atoms with E-state index in [0.29, 0.717) is 17.9 Å². The Bertz CT molecular complexity index is 487. The molecule has 0 saturated heterocycles. The Labute approximate surface area is 117 Å². The SMILES string of the molecule is NC(=O)c1ccc(NCC2CCCCC2C(=O)O)nc1. The molecule has 0 spiro atoms. The molecule has 1 aliphatic rings. The van der Waals surface area contributed by atoms with Gasteiger partial charge in [-0.2, -0.15) is 0 Å². The summed E-state index contributed by atoms with van der Waals surface area (Å²) < 4.78 is 0. The third kappa shape index (κ3) is 3.46. The van der Waals surface area contributed by atoms with Gasteiger partial charge in [0.05, 0.1) is 11.5 Å². The average Bonchev–Trinajstić information content (AvgIpc) is 2.45. The van der Waals surface area contributed by atoms with Crippen LogP contribution in [-0.4, -0.2) is 28.5 Å². The number of amides is 1. The number of carbonyl (C=O) groups excluding carboxylic acids is 1. The number of rotatable bonds is 5. The second kappa shape index (κ2) is 6.36. The van der Waals surface area contributed by atoms with Crippen LogP contribution in [0.3, 0.4) is 0 Å². The first-order valence-electron chi connectivity index (χ1n) is 6.80. The van der Waals surface area contributed by atoms with Crippen LogP contribution in [0.1, 0.15) is 36.0 Å². The highest BCUT2D eigenvalue weighted by Gasteiger charge is 2.30. The van der Waals surface area contributed by atoms with E-state index in [2.05, 4.69) is 10.3 Å². The molecule has 0 bridgehead atoms. The van der Waals surface area contributed by atoms with E-state index in [4.69, 9.17) is 5.73 Å². The Morgan fingerprint density at radius 1 is 1.35 bits per heavy atom. The molecular weight excluding hydrogens is 258 g/mol. The zero-order valence-corrected chi connectivity index (χ0v) is 11.2. The van der Waals surface area contributed by atoms with Gasteiger partial charge in [0.2, 0.25) is 5.91 Å². The fraction of sp³-hybridized carbons (Fsp3) is 0.500. The van der Waals surface area contributed by atoms with E-state index in [1.165, 1.54) is 6.20 Å². The maximum Gasteiger partial charge on any atom is 0.306 e. The number of nitrogens with two attached hydrogens (primary N) is 1. The smallest absolute Gasteiger partial charge is 0.306 e. The summed E-state index contributed by atoms with van der Waals surface area (Å²) in [5.74, 6) is -0.750. The molecule has 1 amide bonds. The molecule has 0 aromatic carbocycles. The Hall–Kier alpha value is -2.11. The van der Waals surface area contributed by atoms with Crippen molar-refractivity contribution in [3.63, 3.8) is 0 Å². The van der Waals surface area contributed by atoms with E-state index >= 15 is 0 Å². The zero-order valence-electron chi connectivity index (χ0n) is 11.2. The third-order valence-electron chi connectivity index (χ3n) is 3.82. The second-order valence-corrected chi connectivity index (χ2v) is 5.17. The summed E-state index contributed by atoms with van der Waals surface area (Å²) in [7, 11) is 0. The number of carbonyl (C=O) groups is 2. The summed E-state index contributed by atoms with van der Waals surface area (Å²) in [6.07, 6.45) is 5.14. The highest BCUT2D eigenvalue weighted by Crippen LogP contribution is 2.30. The summed E-state index contributed by atoms with van der Waals surface area (Å²) in [5, 5.41) is 12.3. The number of anilines is 1. The monoisotopic (exact) mass is 277 g/mol. The molecule has 2 unspecified atom stereocenters. The van der Waals surface area contributed by atoms with Crippen molar-refractivity contribution in [2.75, 3.05) is 11.9 Å². The van der Waals surface area contributed by atoms with Gasteiger partial charge < -0.3 is 16.2 Å². The first kappa shape index (κ1) is 14.3. The van der Waals surface area contributed by atoms with Gasteiger partial charge in [-0.3, -0.25) is 9.59 Å². The van der Waals surface area contributed by atoms with Gasteiger partial charge in [-0.25, -0.2) is 4.98 Å². The lowest BCUT2D eigenvalue weighted by molar-refractivity contribution is -0.144. The van der Waals surface area contributed by atoms with E-state index in [9.17, 15) is 14.7 Å². The number of carboxylic acid groups (broad SMARTS) is 1. The Balaban J connectivity index is 1.93. The Morgan fingerprint density at radius 3 is 2.70 bits per heavy atom. The van der Waals surface area contributed by atoms with E-state index < -0.39 is 11.9 Å². The predicted octanol–water partition coefficient (Wildman–Crippen LogP) is 1.48.